The van der Waals surface area contributed by atoms with Crippen LogP contribution in [0.4, 0.5) is 0 Å². The first-order valence-electron chi connectivity index (χ1n) is 9.71. The number of methoxy groups -OCH3 is 2. The highest BCUT2D eigenvalue weighted by Gasteiger charge is 2.11. The lowest BCUT2D eigenvalue weighted by molar-refractivity contribution is 0.0600. The van der Waals surface area contributed by atoms with Crippen LogP contribution in [-0.2, 0) is 4.74 Å². The summed E-state index contributed by atoms with van der Waals surface area (Å²) in [6.45, 7) is 9.00. The Morgan fingerprint density at radius 2 is 1.54 bits per heavy atom. The van der Waals surface area contributed by atoms with Gasteiger partial charge in [-0.15, -0.1) is 0 Å². The van der Waals surface area contributed by atoms with E-state index in [4.69, 9.17) is 14.2 Å². The Morgan fingerprint density at radius 1 is 0.893 bits per heavy atom. The van der Waals surface area contributed by atoms with Crippen molar-refractivity contribution in [3.05, 3.63) is 58.7 Å². The van der Waals surface area contributed by atoms with Gasteiger partial charge < -0.3 is 14.2 Å². The van der Waals surface area contributed by atoms with Crippen molar-refractivity contribution in [3.8, 4) is 11.5 Å². The molecule has 4 heteroatoms. The highest BCUT2D eigenvalue weighted by molar-refractivity contribution is 5.90. The van der Waals surface area contributed by atoms with Crippen LogP contribution in [-0.4, -0.2) is 26.8 Å². The molecule has 0 saturated carbocycles. The summed E-state index contributed by atoms with van der Waals surface area (Å²) in [5, 5.41) is 0. The van der Waals surface area contributed by atoms with Gasteiger partial charge in [-0.2, -0.15) is 0 Å². The summed E-state index contributed by atoms with van der Waals surface area (Å²) >= 11 is 0. The Morgan fingerprint density at radius 3 is 2.14 bits per heavy atom. The molecule has 0 spiro atoms. The zero-order chi connectivity index (χ0) is 20.9. The fraction of sp³-hybridized carbons (Fsp3) is 0.458. The van der Waals surface area contributed by atoms with Gasteiger partial charge in [-0.1, -0.05) is 28.9 Å². The summed E-state index contributed by atoms with van der Waals surface area (Å²) in [5.74, 6) is 0.726. The lowest BCUT2D eigenvalue weighted by atomic mass is 10.1. The quantitative estimate of drug-likeness (QED) is 0.332. The van der Waals surface area contributed by atoms with E-state index in [1.165, 1.54) is 23.8 Å². The van der Waals surface area contributed by atoms with Crippen molar-refractivity contribution in [1.29, 1.82) is 0 Å². The predicted molar refractivity (Wildman–Crippen MR) is 115 cm³/mol. The van der Waals surface area contributed by atoms with Crippen LogP contribution in [0.3, 0.4) is 0 Å². The van der Waals surface area contributed by atoms with E-state index in [-0.39, 0.29) is 0 Å². The van der Waals surface area contributed by atoms with Gasteiger partial charge in [0.2, 0.25) is 0 Å². The number of allylic oxidation sites excluding steroid dienone is 5. The van der Waals surface area contributed by atoms with E-state index in [0.29, 0.717) is 23.7 Å². The molecule has 0 atom stereocenters. The summed E-state index contributed by atoms with van der Waals surface area (Å²) in [4.78, 5) is 11.7. The maximum Gasteiger partial charge on any atom is 0.337 e. The van der Waals surface area contributed by atoms with Crippen LogP contribution < -0.4 is 9.47 Å². The number of rotatable bonds is 11. The molecule has 0 fully saturated rings. The van der Waals surface area contributed by atoms with Gasteiger partial charge in [0, 0.05) is 0 Å². The lowest BCUT2D eigenvalue weighted by Crippen LogP contribution is -2.03. The van der Waals surface area contributed by atoms with Crippen LogP contribution >= 0.6 is 0 Å². The van der Waals surface area contributed by atoms with Gasteiger partial charge in [0.15, 0.2) is 11.5 Å². The molecule has 1 rings (SSSR count). The molecule has 0 saturated heterocycles. The summed E-state index contributed by atoms with van der Waals surface area (Å²) in [6, 6.07) is 5.01. The minimum atomic E-state index is -0.397. The summed E-state index contributed by atoms with van der Waals surface area (Å²) in [7, 11) is 2.93. The molecule has 1 aromatic carbocycles. The van der Waals surface area contributed by atoms with Crippen LogP contribution in [0.1, 0.15) is 63.7 Å². The maximum absolute atomic E-state index is 11.7. The Hall–Kier alpha value is -2.49. The van der Waals surface area contributed by atoms with Crippen molar-refractivity contribution in [2.75, 3.05) is 20.8 Å². The fourth-order valence-electron chi connectivity index (χ4n) is 2.65. The summed E-state index contributed by atoms with van der Waals surface area (Å²) in [5.41, 5.74) is 4.52. The van der Waals surface area contributed by atoms with Gasteiger partial charge in [-0.05, 0) is 77.7 Å². The van der Waals surface area contributed by atoms with Gasteiger partial charge in [0.1, 0.15) is 6.61 Å². The number of benzene rings is 1. The number of ether oxygens (including phenoxy) is 3. The third kappa shape index (κ3) is 8.94. The molecule has 0 amide bonds. The van der Waals surface area contributed by atoms with E-state index in [1.807, 2.05) is 0 Å². The highest BCUT2D eigenvalue weighted by Crippen LogP contribution is 2.28. The second-order valence-corrected chi connectivity index (χ2v) is 7.13. The Kier molecular flexibility index (Phi) is 10.8. The van der Waals surface area contributed by atoms with Crippen molar-refractivity contribution < 1.29 is 19.0 Å². The van der Waals surface area contributed by atoms with Crippen LogP contribution in [0.5, 0.6) is 11.5 Å². The maximum atomic E-state index is 11.7. The van der Waals surface area contributed by atoms with Gasteiger partial charge >= 0.3 is 5.97 Å². The van der Waals surface area contributed by atoms with Gasteiger partial charge in [0.05, 0.1) is 19.8 Å². The smallest absolute Gasteiger partial charge is 0.337 e. The molecule has 1 aromatic rings. The SMILES string of the molecule is COC(=O)c1ccc(OC)c(OCC=C(C)CCC=C(C)CCC=C(C)C)c1. The van der Waals surface area contributed by atoms with Crippen molar-refractivity contribution in [2.45, 2.75) is 53.4 Å². The van der Waals surface area contributed by atoms with Gasteiger partial charge in [0.25, 0.3) is 0 Å². The van der Waals surface area contributed by atoms with Crippen LogP contribution in [0.2, 0.25) is 0 Å². The summed E-state index contributed by atoms with van der Waals surface area (Å²) < 4.78 is 15.9. The minimum Gasteiger partial charge on any atom is -0.493 e. The molecule has 4 nitrogen and oxygen atoms in total. The molecule has 0 bridgehead atoms. The first kappa shape index (κ1) is 23.5. The van der Waals surface area contributed by atoms with E-state index < -0.39 is 5.97 Å². The molecule has 0 aromatic heterocycles. The molecule has 0 aliphatic heterocycles. The van der Waals surface area contributed by atoms with E-state index in [1.54, 1.807) is 25.3 Å². The molecule has 154 valence electrons. The van der Waals surface area contributed by atoms with Crippen LogP contribution in [0, 0.1) is 0 Å². The van der Waals surface area contributed by atoms with Crippen molar-refractivity contribution in [3.63, 3.8) is 0 Å². The third-order valence-electron chi connectivity index (χ3n) is 4.38. The topological polar surface area (TPSA) is 44.8 Å². The van der Waals surface area contributed by atoms with Crippen molar-refractivity contribution in [1.82, 2.24) is 0 Å². The van der Waals surface area contributed by atoms with Crippen LogP contribution in [0.15, 0.2) is 53.1 Å². The van der Waals surface area contributed by atoms with Crippen LogP contribution in [0.25, 0.3) is 0 Å². The molecule has 0 N–H and O–H groups in total. The molecule has 0 aliphatic rings. The molecule has 0 unspecified atom stereocenters. The third-order valence-corrected chi connectivity index (χ3v) is 4.38. The Balaban J connectivity index is 2.53. The average molecular weight is 387 g/mol. The largest absolute Gasteiger partial charge is 0.493 e. The number of esters is 1. The van der Waals surface area contributed by atoms with Gasteiger partial charge in [-0.25, -0.2) is 4.79 Å². The Bertz CT molecular complexity index is 722. The molecule has 28 heavy (non-hydrogen) atoms. The van der Waals surface area contributed by atoms with E-state index in [9.17, 15) is 4.79 Å². The van der Waals surface area contributed by atoms with E-state index >= 15 is 0 Å². The highest BCUT2D eigenvalue weighted by atomic mass is 16.5. The molecule has 0 radical (unpaired) electrons. The Labute approximate surface area is 169 Å². The second kappa shape index (κ2) is 12.8. The summed E-state index contributed by atoms with van der Waals surface area (Å²) in [6.07, 6.45) is 10.9. The number of hydrogen-bond donors (Lipinski definition) is 0. The van der Waals surface area contributed by atoms with Crippen molar-refractivity contribution >= 4 is 5.97 Å². The fourth-order valence-corrected chi connectivity index (χ4v) is 2.65. The normalized spacial score (nSPS) is 11.8. The van der Waals surface area contributed by atoms with E-state index in [0.717, 1.165) is 25.7 Å². The number of hydrogen-bond acceptors (Lipinski definition) is 4. The molecular weight excluding hydrogens is 352 g/mol. The number of carbonyl (C=O) groups is 1. The monoisotopic (exact) mass is 386 g/mol. The molecule has 0 aliphatic carbocycles. The first-order valence-corrected chi connectivity index (χ1v) is 9.71. The molecule has 0 heterocycles. The standard InChI is InChI=1S/C24H34O4/c1-18(2)9-7-10-19(3)11-8-12-20(4)15-16-28-23-17-21(24(25)27-6)13-14-22(23)26-5/h9,11,13-15,17H,7-8,10,12,16H2,1-6H3. The number of carbonyl (C=O) groups excluding carboxylic acids is 1. The zero-order valence-electron chi connectivity index (χ0n) is 18.1. The van der Waals surface area contributed by atoms with E-state index in [2.05, 4.69) is 45.9 Å². The average Bonchev–Trinajstić information content (AvgIpc) is 2.67. The minimum absolute atomic E-state index is 0.397. The second-order valence-electron chi connectivity index (χ2n) is 7.13. The predicted octanol–water partition coefficient (Wildman–Crippen LogP) is 6.28. The lowest BCUT2D eigenvalue weighted by Gasteiger charge is -2.11. The zero-order valence-corrected chi connectivity index (χ0v) is 18.1. The van der Waals surface area contributed by atoms with Crippen molar-refractivity contribution in [2.24, 2.45) is 0 Å². The van der Waals surface area contributed by atoms with Gasteiger partial charge in [-0.3, -0.25) is 0 Å². The molecular formula is C24H34O4. The first-order chi connectivity index (χ1) is 13.4.